The fraction of sp³-hybridized carbons (Fsp3) is 0.929. The number of rotatable bonds is 21. The van der Waals surface area contributed by atoms with Crippen LogP contribution >= 0.6 is 0 Å². The third-order valence-corrected chi connectivity index (χ3v) is 6.72. The van der Waals surface area contributed by atoms with Crippen LogP contribution in [0.25, 0.3) is 0 Å². The number of aliphatic imine (C=N–C) groups is 1. The van der Waals surface area contributed by atoms with E-state index >= 15 is 17.6 Å². The van der Waals surface area contributed by atoms with Gasteiger partial charge in [0.15, 0.2) is 0 Å². The minimum absolute atomic E-state index is 0.0928. The second-order valence-electron chi connectivity index (χ2n) is 10.7. The highest BCUT2D eigenvalue weighted by molar-refractivity contribution is 5.93. The summed E-state index contributed by atoms with van der Waals surface area (Å²) in [6.45, 7) is 10.4. The Balaban J connectivity index is 5.66. The number of carbonyl (C=O) groups is 1. The van der Waals surface area contributed by atoms with Crippen molar-refractivity contribution in [1.82, 2.24) is 0 Å². The fourth-order valence-electron chi connectivity index (χ4n) is 4.22. The number of hydrogen-bond acceptors (Lipinski definition) is 3. The van der Waals surface area contributed by atoms with Crippen LogP contribution in [0.1, 0.15) is 131 Å². The van der Waals surface area contributed by atoms with Gasteiger partial charge in [0.1, 0.15) is 6.04 Å². The Labute approximate surface area is 212 Å². The van der Waals surface area contributed by atoms with E-state index in [0.29, 0.717) is 19.3 Å². The predicted molar refractivity (Wildman–Crippen MR) is 140 cm³/mol. The van der Waals surface area contributed by atoms with Gasteiger partial charge in [-0.1, -0.05) is 106 Å². The van der Waals surface area contributed by atoms with Gasteiger partial charge in [-0.15, -0.1) is 0 Å². The topological polar surface area (TPSA) is 55.5 Å². The highest BCUT2D eigenvalue weighted by Gasteiger charge is 2.50. The molecule has 0 aromatic heterocycles. The van der Waals surface area contributed by atoms with Crippen LogP contribution in [0.2, 0.25) is 0 Å². The highest BCUT2D eigenvalue weighted by atomic mass is 19.3. The maximum absolute atomic E-state index is 15.3. The van der Waals surface area contributed by atoms with Crippen LogP contribution in [0, 0.1) is 11.8 Å². The number of nitrogens with zero attached hydrogens (tertiary/aromatic N) is 1. The van der Waals surface area contributed by atoms with Crippen LogP contribution in [0.4, 0.5) is 17.6 Å². The first-order valence-electron chi connectivity index (χ1n) is 13.9. The average Bonchev–Trinajstić information content (AvgIpc) is 2.78. The van der Waals surface area contributed by atoms with E-state index in [1.165, 1.54) is 13.8 Å². The molecule has 2 N–H and O–H groups in total. The molecule has 208 valence electrons. The van der Waals surface area contributed by atoms with Gasteiger partial charge in [-0.05, 0) is 31.1 Å². The number of halogens is 4. The van der Waals surface area contributed by atoms with Crippen LogP contribution < -0.4 is 5.73 Å². The average molecular weight is 509 g/mol. The lowest BCUT2D eigenvalue weighted by Crippen LogP contribution is -2.52. The Hall–Kier alpha value is -0.980. The van der Waals surface area contributed by atoms with Gasteiger partial charge in [-0.25, -0.2) is 0 Å². The van der Waals surface area contributed by atoms with Crippen molar-refractivity contribution in [3.05, 3.63) is 0 Å². The zero-order valence-electron chi connectivity index (χ0n) is 23.2. The quantitative estimate of drug-likeness (QED) is 0.0957. The molecule has 0 amide bonds. The standard InChI is InChI=1S/C28H52F4N2O/c1-7-9-11-13-15-17-19-23(27(29,30)25(33)21(3)4)34-26(22(5)6)28(31,32)24(35)20-18-16-14-12-10-8-2/h21-22,25-26H,7-20,33H2,1-6H3. The van der Waals surface area contributed by atoms with Crippen LogP contribution in [0.5, 0.6) is 0 Å². The highest BCUT2D eigenvalue weighted by Crippen LogP contribution is 2.34. The molecule has 0 aromatic rings. The molecule has 0 heterocycles. The summed E-state index contributed by atoms with van der Waals surface area (Å²) in [4.78, 5) is 16.5. The van der Waals surface area contributed by atoms with Crippen molar-refractivity contribution >= 4 is 11.5 Å². The Kier molecular flexibility index (Phi) is 17.0. The van der Waals surface area contributed by atoms with Crippen LogP contribution in [0.15, 0.2) is 4.99 Å². The van der Waals surface area contributed by atoms with Gasteiger partial charge in [-0.2, -0.15) is 17.6 Å². The molecule has 0 spiro atoms. The summed E-state index contributed by atoms with van der Waals surface area (Å²) in [5.41, 5.74) is 5.23. The minimum atomic E-state index is -3.79. The summed E-state index contributed by atoms with van der Waals surface area (Å²) in [6.07, 6.45) is 10.1. The smallest absolute Gasteiger partial charge is 0.322 e. The van der Waals surface area contributed by atoms with E-state index < -0.39 is 47.3 Å². The summed E-state index contributed by atoms with van der Waals surface area (Å²) in [5, 5.41) is 0. The molecule has 0 saturated carbocycles. The van der Waals surface area contributed by atoms with Gasteiger partial charge in [0.25, 0.3) is 0 Å². The lowest BCUT2D eigenvalue weighted by Gasteiger charge is -2.31. The first-order chi connectivity index (χ1) is 16.3. The molecule has 0 radical (unpaired) electrons. The lowest BCUT2D eigenvalue weighted by molar-refractivity contribution is -0.147. The third-order valence-electron chi connectivity index (χ3n) is 6.72. The van der Waals surface area contributed by atoms with Crippen molar-refractivity contribution in [3.63, 3.8) is 0 Å². The number of Topliss-reactive ketones (excluding diaryl/α,β-unsaturated/α-hetero) is 1. The Morgan fingerprint density at radius 3 is 1.54 bits per heavy atom. The molecular formula is C28H52F4N2O. The largest absolute Gasteiger partial charge is 0.327 e. The molecule has 2 unspecified atom stereocenters. The molecule has 0 aromatic carbocycles. The minimum Gasteiger partial charge on any atom is -0.322 e. The number of hydrogen-bond donors (Lipinski definition) is 1. The van der Waals surface area contributed by atoms with E-state index in [9.17, 15) is 4.79 Å². The van der Waals surface area contributed by atoms with Gasteiger partial charge in [-0.3, -0.25) is 9.79 Å². The fourth-order valence-corrected chi connectivity index (χ4v) is 4.22. The maximum atomic E-state index is 15.3. The molecule has 3 nitrogen and oxygen atoms in total. The van der Waals surface area contributed by atoms with E-state index in [4.69, 9.17) is 5.73 Å². The third kappa shape index (κ3) is 12.2. The van der Waals surface area contributed by atoms with Gasteiger partial charge in [0.2, 0.25) is 5.78 Å². The first kappa shape index (κ1) is 34.0. The Morgan fingerprint density at radius 2 is 1.11 bits per heavy atom. The molecule has 0 fully saturated rings. The molecule has 0 aliphatic rings. The molecule has 2 atom stereocenters. The van der Waals surface area contributed by atoms with E-state index in [2.05, 4.69) is 18.8 Å². The molecule has 0 aliphatic heterocycles. The number of alkyl halides is 4. The molecule has 0 rings (SSSR count). The molecule has 0 saturated heterocycles. The van der Waals surface area contributed by atoms with E-state index in [-0.39, 0.29) is 12.8 Å². The van der Waals surface area contributed by atoms with Crippen LogP contribution in [-0.4, -0.2) is 35.4 Å². The molecule has 0 bridgehead atoms. The molecular weight excluding hydrogens is 456 g/mol. The van der Waals surface area contributed by atoms with Crippen molar-refractivity contribution in [1.29, 1.82) is 0 Å². The zero-order chi connectivity index (χ0) is 27.1. The number of unbranched alkanes of at least 4 members (excludes halogenated alkanes) is 10. The van der Waals surface area contributed by atoms with E-state index in [1.54, 1.807) is 13.8 Å². The van der Waals surface area contributed by atoms with E-state index in [1.807, 2.05) is 0 Å². The Bertz CT molecular complexity index is 606. The summed E-state index contributed by atoms with van der Waals surface area (Å²) < 4.78 is 61.2. The van der Waals surface area contributed by atoms with Crippen LogP contribution in [0.3, 0.4) is 0 Å². The number of ketones is 1. The van der Waals surface area contributed by atoms with Crippen molar-refractivity contribution in [3.8, 4) is 0 Å². The summed E-state index contributed by atoms with van der Waals surface area (Å²) >= 11 is 0. The summed E-state index contributed by atoms with van der Waals surface area (Å²) in [5.74, 6) is -9.83. The molecule has 7 heteroatoms. The monoisotopic (exact) mass is 508 g/mol. The Morgan fingerprint density at radius 1 is 0.686 bits per heavy atom. The van der Waals surface area contributed by atoms with Crippen molar-refractivity contribution in [2.45, 2.75) is 155 Å². The molecule has 35 heavy (non-hydrogen) atoms. The lowest BCUT2D eigenvalue weighted by atomic mass is 9.89. The second-order valence-corrected chi connectivity index (χ2v) is 10.7. The first-order valence-corrected chi connectivity index (χ1v) is 13.9. The maximum Gasteiger partial charge on any atom is 0.327 e. The summed E-state index contributed by atoms with van der Waals surface area (Å²) in [6, 6.07) is -3.35. The van der Waals surface area contributed by atoms with Gasteiger partial charge in [0, 0.05) is 6.42 Å². The van der Waals surface area contributed by atoms with Gasteiger partial charge in [0.05, 0.1) is 11.8 Å². The van der Waals surface area contributed by atoms with Gasteiger partial charge < -0.3 is 5.73 Å². The van der Waals surface area contributed by atoms with Gasteiger partial charge >= 0.3 is 11.8 Å². The predicted octanol–water partition coefficient (Wildman–Crippen LogP) is 8.78. The normalized spacial score (nSPS) is 15.2. The van der Waals surface area contributed by atoms with Crippen molar-refractivity contribution < 1.29 is 22.4 Å². The second kappa shape index (κ2) is 17.5. The van der Waals surface area contributed by atoms with E-state index in [0.717, 1.165) is 57.8 Å². The zero-order valence-corrected chi connectivity index (χ0v) is 23.2. The van der Waals surface area contributed by atoms with Crippen molar-refractivity contribution in [2.75, 3.05) is 0 Å². The summed E-state index contributed by atoms with van der Waals surface area (Å²) in [7, 11) is 0. The number of nitrogens with two attached hydrogens (primary N) is 1. The van der Waals surface area contributed by atoms with Crippen LogP contribution in [-0.2, 0) is 4.79 Å². The molecule has 0 aliphatic carbocycles. The SMILES string of the molecule is CCCCCCCCC(=O)C(F)(F)C(N=C(CCCCCCCC)C(F)(F)C(N)C(C)C)C(C)C. The van der Waals surface area contributed by atoms with Crippen molar-refractivity contribution in [2.24, 2.45) is 22.6 Å². The number of carbonyl (C=O) groups excluding carboxylic acids is 1.